The van der Waals surface area contributed by atoms with Crippen LogP contribution in [0.15, 0.2) is 24.3 Å². The van der Waals surface area contributed by atoms with Crippen molar-refractivity contribution in [1.29, 1.82) is 0 Å². The number of hydrogen-bond acceptors (Lipinski definition) is 4. The monoisotopic (exact) mass is 360 g/mol. The molecule has 1 aromatic rings. The number of hydrogen-bond donors (Lipinski definition) is 1. The van der Waals surface area contributed by atoms with Gasteiger partial charge in [0, 0.05) is 18.2 Å². The summed E-state index contributed by atoms with van der Waals surface area (Å²) in [5, 5.41) is 3.18. The number of benzene rings is 1. The molecule has 0 unspecified atom stereocenters. The van der Waals surface area contributed by atoms with E-state index in [0.717, 1.165) is 12.3 Å². The van der Waals surface area contributed by atoms with Crippen molar-refractivity contribution < 1.29 is 14.3 Å². The summed E-state index contributed by atoms with van der Waals surface area (Å²) in [5.41, 5.74) is 0.153. The molecule has 144 valence electrons. The van der Waals surface area contributed by atoms with Crippen molar-refractivity contribution in [3.63, 3.8) is 0 Å². The summed E-state index contributed by atoms with van der Waals surface area (Å²) in [5.74, 6) is 1.33. The Morgan fingerprint density at radius 1 is 1.15 bits per heavy atom. The highest BCUT2D eigenvalue weighted by Crippen LogP contribution is 2.35. The van der Waals surface area contributed by atoms with Crippen LogP contribution in [0.3, 0.4) is 0 Å². The van der Waals surface area contributed by atoms with E-state index in [1.807, 2.05) is 18.2 Å². The van der Waals surface area contributed by atoms with Crippen LogP contribution >= 0.6 is 0 Å². The van der Waals surface area contributed by atoms with E-state index in [4.69, 9.17) is 9.47 Å². The third-order valence-electron chi connectivity index (χ3n) is 5.88. The van der Waals surface area contributed by atoms with Gasteiger partial charge in [0.1, 0.15) is 11.5 Å². The highest BCUT2D eigenvalue weighted by Gasteiger charge is 2.39. The van der Waals surface area contributed by atoms with Gasteiger partial charge < -0.3 is 14.8 Å². The minimum absolute atomic E-state index is 0.0445. The van der Waals surface area contributed by atoms with Crippen LogP contribution in [0.5, 0.6) is 11.5 Å². The molecular weight excluding hydrogens is 328 g/mol. The number of likely N-dealkylation sites (tertiary alicyclic amines) is 1. The number of ether oxygens (including phenoxy) is 2. The lowest BCUT2D eigenvalue weighted by atomic mass is 9.80. The second-order valence-corrected chi connectivity index (χ2v) is 7.64. The van der Waals surface area contributed by atoms with Gasteiger partial charge in [-0.2, -0.15) is 0 Å². The summed E-state index contributed by atoms with van der Waals surface area (Å²) in [6.45, 7) is 4.88. The molecule has 1 atom stereocenters. The fourth-order valence-electron chi connectivity index (χ4n) is 4.33. The van der Waals surface area contributed by atoms with E-state index in [2.05, 4.69) is 10.2 Å². The summed E-state index contributed by atoms with van der Waals surface area (Å²) in [7, 11) is 1.62. The molecule has 0 bridgehead atoms. The molecule has 2 fully saturated rings. The zero-order chi connectivity index (χ0) is 18.4. The molecule has 1 saturated heterocycles. The van der Waals surface area contributed by atoms with Gasteiger partial charge in [0.2, 0.25) is 0 Å². The molecule has 1 aliphatic heterocycles. The van der Waals surface area contributed by atoms with Crippen molar-refractivity contribution in [1.82, 2.24) is 10.2 Å². The van der Waals surface area contributed by atoms with Gasteiger partial charge in [-0.05, 0) is 57.8 Å². The van der Waals surface area contributed by atoms with Crippen LogP contribution in [-0.2, 0) is 4.79 Å². The van der Waals surface area contributed by atoms with Crippen LogP contribution in [0.1, 0.15) is 51.9 Å². The minimum Gasteiger partial charge on any atom is -0.497 e. The molecule has 0 radical (unpaired) electrons. The summed E-state index contributed by atoms with van der Waals surface area (Å²) >= 11 is 0. The molecule has 3 rings (SSSR count). The van der Waals surface area contributed by atoms with Gasteiger partial charge in [-0.15, -0.1) is 0 Å². The molecule has 1 N–H and O–H groups in total. The lowest BCUT2D eigenvalue weighted by Crippen LogP contribution is -2.56. The van der Waals surface area contributed by atoms with Crippen molar-refractivity contribution in [2.24, 2.45) is 0 Å². The molecule has 1 aromatic carbocycles. The Bertz CT molecular complexity index is 593. The number of carbonyl (C=O) groups excluding carboxylic acids is 1. The van der Waals surface area contributed by atoms with E-state index in [1.54, 1.807) is 20.1 Å². The molecule has 1 aliphatic carbocycles. The maximum absolute atomic E-state index is 12.6. The Morgan fingerprint density at radius 3 is 2.54 bits per heavy atom. The van der Waals surface area contributed by atoms with Crippen LogP contribution < -0.4 is 14.8 Å². The van der Waals surface area contributed by atoms with Gasteiger partial charge in [0.15, 0.2) is 6.10 Å². The van der Waals surface area contributed by atoms with Gasteiger partial charge in [-0.3, -0.25) is 9.69 Å². The summed E-state index contributed by atoms with van der Waals surface area (Å²) in [6, 6.07) is 7.37. The van der Waals surface area contributed by atoms with Gasteiger partial charge in [0.25, 0.3) is 5.91 Å². The molecular formula is C21H32N2O3. The van der Waals surface area contributed by atoms with Crippen LogP contribution in [0.25, 0.3) is 0 Å². The van der Waals surface area contributed by atoms with Crippen molar-refractivity contribution in [3.8, 4) is 11.5 Å². The molecule has 0 aromatic heterocycles. The number of nitrogens with one attached hydrogen (secondary N) is 1. The zero-order valence-electron chi connectivity index (χ0n) is 16.1. The molecule has 2 aliphatic rings. The van der Waals surface area contributed by atoms with E-state index in [0.29, 0.717) is 5.75 Å². The number of rotatable bonds is 7. The predicted molar refractivity (Wildman–Crippen MR) is 103 cm³/mol. The summed E-state index contributed by atoms with van der Waals surface area (Å²) < 4.78 is 11.0. The van der Waals surface area contributed by atoms with Gasteiger partial charge in [0.05, 0.1) is 7.11 Å². The zero-order valence-corrected chi connectivity index (χ0v) is 16.1. The highest BCUT2D eigenvalue weighted by atomic mass is 16.5. The predicted octanol–water partition coefficient (Wildman–Crippen LogP) is 3.38. The molecule has 5 heteroatoms. The maximum atomic E-state index is 12.6. The average molecular weight is 360 g/mol. The number of carbonyl (C=O) groups is 1. The topological polar surface area (TPSA) is 50.8 Å². The third-order valence-corrected chi connectivity index (χ3v) is 5.88. The molecule has 1 saturated carbocycles. The smallest absolute Gasteiger partial charge is 0.260 e. The Morgan fingerprint density at radius 2 is 1.85 bits per heavy atom. The fourth-order valence-corrected chi connectivity index (χ4v) is 4.33. The first-order chi connectivity index (χ1) is 12.6. The van der Waals surface area contributed by atoms with Gasteiger partial charge in [-0.25, -0.2) is 0 Å². The first-order valence-electron chi connectivity index (χ1n) is 9.96. The number of amides is 1. The minimum atomic E-state index is -0.527. The van der Waals surface area contributed by atoms with Crippen molar-refractivity contribution in [2.45, 2.75) is 63.5 Å². The fraction of sp³-hybridized carbons (Fsp3) is 0.667. The quantitative estimate of drug-likeness (QED) is 0.810. The molecule has 0 spiro atoms. The molecule has 1 heterocycles. The van der Waals surface area contributed by atoms with E-state index in [9.17, 15) is 4.79 Å². The van der Waals surface area contributed by atoms with E-state index in [-0.39, 0.29) is 11.4 Å². The standard InChI is InChI=1S/C21H32N2O3/c1-17(26-19-10-8-9-18(15-19)25-2)20(24)22-16-21(11-4-3-5-12-21)23-13-6-7-14-23/h8-10,15,17H,3-7,11-14,16H2,1-2H3,(H,22,24)/t17-/m0/s1. The van der Waals surface area contributed by atoms with Crippen LogP contribution in [0.4, 0.5) is 0 Å². The summed E-state index contributed by atoms with van der Waals surface area (Å²) in [6.07, 6.45) is 8.28. The molecule has 1 amide bonds. The lowest BCUT2D eigenvalue weighted by Gasteiger charge is -2.45. The molecule has 26 heavy (non-hydrogen) atoms. The first-order valence-corrected chi connectivity index (χ1v) is 9.96. The SMILES string of the molecule is COc1cccc(O[C@@H](C)C(=O)NCC2(N3CCCC3)CCCCC2)c1. The second-order valence-electron chi connectivity index (χ2n) is 7.64. The van der Waals surface area contributed by atoms with Crippen LogP contribution in [0.2, 0.25) is 0 Å². The maximum Gasteiger partial charge on any atom is 0.260 e. The van der Waals surface area contributed by atoms with Crippen molar-refractivity contribution >= 4 is 5.91 Å². The number of nitrogens with zero attached hydrogens (tertiary/aromatic N) is 1. The van der Waals surface area contributed by atoms with Crippen LogP contribution in [0, 0.1) is 0 Å². The second kappa shape index (κ2) is 8.76. The Hall–Kier alpha value is -1.75. The average Bonchev–Trinajstić information content (AvgIpc) is 3.22. The van der Waals surface area contributed by atoms with Gasteiger partial charge >= 0.3 is 0 Å². The summed E-state index contributed by atoms with van der Waals surface area (Å²) in [4.78, 5) is 15.2. The third kappa shape index (κ3) is 4.50. The van der Waals surface area contributed by atoms with Crippen molar-refractivity contribution in [3.05, 3.63) is 24.3 Å². The normalized spacial score (nSPS) is 21.2. The Labute approximate surface area is 157 Å². The Kier molecular flexibility index (Phi) is 6.41. The van der Waals surface area contributed by atoms with E-state index >= 15 is 0 Å². The van der Waals surface area contributed by atoms with E-state index in [1.165, 1.54) is 58.0 Å². The highest BCUT2D eigenvalue weighted by molar-refractivity contribution is 5.80. The van der Waals surface area contributed by atoms with Crippen molar-refractivity contribution in [2.75, 3.05) is 26.7 Å². The first kappa shape index (κ1) is 19.0. The largest absolute Gasteiger partial charge is 0.497 e. The van der Waals surface area contributed by atoms with Gasteiger partial charge in [-0.1, -0.05) is 25.3 Å². The van der Waals surface area contributed by atoms with Crippen LogP contribution in [-0.4, -0.2) is 49.2 Å². The molecule has 5 nitrogen and oxygen atoms in total. The lowest BCUT2D eigenvalue weighted by molar-refractivity contribution is -0.128. The van der Waals surface area contributed by atoms with E-state index < -0.39 is 6.10 Å². The number of methoxy groups -OCH3 is 1. The Balaban J connectivity index is 1.57.